The lowest BCUT2D eigenvalue weighted by molar-refractivity contribution is 0.0193. The normalized spacial score (nSPS) is 16.4. The number of hydrogen-bond donors (Lipinski definition) is 1. The Kier molecular flexibility index (Phi) is 11.0. The number of nitrogens with one attached hydrogen (secondary N) is 1. The van der Waals surface area contributed by atoms with Crippen LogP contribution in [0.15, 0.2) is 30.3 Å². The first-order valence-corrected chi connectivity index (χ1v) is 12.6. The van der Waals surface area contributed by atoms with Crippen LogP contribution in [0, 0.1) is 0 Å². The molecule has 1 saturated heterocycles. The minimum Gasteiger partial charge on any atom is -0.378 e. The van der Waals surface area contributed by atoms with E-state index in [2.05, 4.69) is 23.6 Å². The molecule has 6 nitrogen and oxygen atoms in total. The van der Waals surface area contributed by atoms with Crippen LogP contribution in [0.2, 0.25) is 0 Å². The number of rotatable bonds is 14. The van der Waals surface area contributed by atoms with Crippen molar-refractivity contribution in [3.8, 4) is 0 Å². The molecule has 1 fully saturated rings. The molecule has 1 heterocycles. The van der Waals surface area contributed by atoms with Crippen molar-refractivity contribution < 1.29 is 13.2 Å². The Morgan fingerprint density at radius 2 is 1.69 bits per heavy atom. The van der Waals surface area contributed by atoms with Gasteiger partial charge in [0.2, 0.25) is 0 Å². The van der Waals surface area contributed by atoms with E-state index in [1.54, 1.807) is 12.1 Å². The van der Waals surface area contributed by atoms with Gasteiger partial charge in [0.05, 0.1) is 6.10 Å². The van der Waals surface area contributed by atoms with Gasteiger partial charge in [0, 0.05) is 25.4 Å². The fourth-order valence-electron chi connectivity index (χ4n) is 3.59. The predicted octanol–water partition coefficient (Wildman–Crippen LogP) is 4.12. The molecular formula is C22H39N3O3S. The number of anilines is 1. The van der Waals surface area contributed by atoms with E-state index in [0.717, 1.165) is 25.9 Å². The van der Waals surface area contributed by atoms with Crippen LogP contribution in [0.4, 0.5) is 5.69 Å². The van der Waals surface area contributed by atoms with Crippen LogP contribution in [-0.2, 0) is 14.9 Å². The summed E-state index contributed by atoms with van der Waals surface area (Å²) >= 11 is 0. The number of nitrogens with zero attached hydrogens (tertiary/aromatic N) is 2. The molecule has 0 aromatic heterocycles. The molecule has 0 saturated carbocycles. The minimum atomic E-state index is -3.48. The topological polar surface area (TPSA) is 61.9 Å². The number of ether oxygens (including phenoxy) is 1. The van der Waals surface area contributed by atoms with E-state index in [0.29, 0.717) is 18.8 Å². The van der Waals surface area contributed by atoms with Crippen molar-refractivity contribution in [1.29, 1.82) is 0 Å². The van der Waals surface area contributed by atoms with Crippen LogP contribution in [0.5, 0.6) is 0 Å². The molecule has 7 heteroatoms. The van der Waals surface area contributed by atoms with Crippen LogP contribution in [0.25, 0.3) is 0 Å². The first-order valence-electron chi connectivity index (χ1n) is 11.1. The Morgan fingerprint density at radius 3 is 2.38 bits per heavy atom. The largest absolute Gasteiger partial charge is 0.378 e. The lowest BCUT2D eigenvalue weighted by Crippen LogP contribution is -2.43. The molecule has 0 spiro atoms. The van der Waals surface area contributed by atoms with E-state index in [1.165, 1.54) is 49.5 Å². The second-order valence-corrected chi connectivity index (χ2v) is 9.68. The second kappa shape index (κ2) is 13.2. The zero-order valence-corrected chi connectivity index (χ0v) is 19.0. The molecule has 1 aromatic carbocycles. The van der Waals surface area contributed by atoms with Gasteiger partial charge in [-0.3, -0.25) is 4.72 Å². The van der Waals surface area contributed by atoms with Crippen LogP contribution < -0.4 is 4.72 Å². The van der Waals surface area contributed by atoms with Crippen LogP contribution in [0.3, 0.4) is 0 Å². The van der Waals surface area contributed by atoms with Gasteiger partial charge in [0.25, 0.3) is 0 Å². The third kappa shape index (κ3) is 9.47. The molecule has 0 bridgehead atoms. The van der Waals surface area contributed by atoms with Crippen LogP contribution in [0.1, 0.15) is 58.3 Å². The van der Waals surface area contributed by atoms with Gasteiger partial charge in [-0.15, -0.1) is 0 Å². The van der Waals surface area contributed by atoms with Crippen LogP contribution in [-0.4, -0.2) is 63.6 Å². The van der Waals surface area contributed by atoms with E-state index in [4.69, 9.17) is 4.74 Å². The smallest absolute Gasteiger partial charge is 0.301 e. The lowest BCUT2D eigenvalue weighted by Gasteiger charge is -2.31. The summed E-state index contributed by atoms with van der Waals surface area (Å²) in [5.74, 6) is 0. The number of piperidine rings is 1. The number of benzene rings is 1. The predicted molar refractivity (Wildman–Crippen MR) is 120 cm³/mol. The zero-order chi connectivity index (χ0) is 21.0. The number of para-hydroxylation sites is 1. The van der Waals surface area contributed by atoms with Crippen molar-refractivity contribution >= 4 is 15.9 Å². The third-order valence-corrected chi connectivity index (χ3v) is 6.98. The molecule has 0 amide bonds. The highest BCUT2D eigenvalue weighted by Crippen LogP contribution is 2.19. The summed E-state index contributed by atoms with van der Waals surface area (Å²) in [6, 6.07) is 9.03. The molecule has 1 aliphatic rings. The highest BCUT2D eigenvalue weighted by molar-refractivity contribution is 7.90. The summed E-state index contributed by atoms with van der Waals surface area (Å²) in [5, 5.41) is 0. The van der Waals surface area contributed by atoms with Gasteiger partial charge >= 0.3 is 10.2 Å². The molecule has 1 aromatic rings. The SMILES string of the molecule is CCCCN(C)CCCCCCOC1CCN(S(=O)(=O)Nc2ccccc2)CC1. The molecule has 29 heavy (non-hydrogen) atoms. The van der Waals surface area contributed by atoms with Gasteiger partial charge in [0.1, 0.15) is 0 Å². The summed E-state index contributed by atoms with van der Waals surface area (Å²) in [5.41, 5.74) is 0.599. The monoisotopic (exact) mass is 425 g/mol. The van der Waals surface area contributed by atoms with Crippen molar-refractivity contribution in [2.45, 2.75) is 64.4 Å². The molecule has 1 aliphatic heterocycles. The molecule has 0 atom stereocenters. The summed E-state index contributed by atoms with van der Waals surface area (Å²) in [6.07, 6.45) is 9.05. The number of hydrogen-bond acceptors (Lipinski definition) is 4. The van der Waals surface area contributed by atoms with Crippen molar-refractivity contribution in [2.24, 2.45) is 0 Å². The van der Waals surface area contributed by atoms with E-state index < -0.39 is 10.2 Å². The molecule has 0 aliphatic carbocycles. The van der Waals surface area contributed by atoms with E-state index in [9.17, 15) is 8.42 Å². The Bertz CT molecular complexity index is 647. The highest BCUT2D eigenvalue weighted by Gasteiger charge is 2.28. The molecule has 0 unspecified atom stereocenters. The van der Waals surface area contributed by atoms with E-state index >= 15 is 0 Å². The molecule has 1 N–H and O–H groups in total. The fraction of sp³-hybridized carbons (Fsp3) is 0.727. The first-order chi connectivity index (χ1) is 14.0. The Hall–Kier alpha value is -1.15. The van der Waals surface area contributed by atoms with Crippen LogP contribution >= 0.6 is 0 Å². The second-order valence-electron chi connectivity index (χ2n) is 8.01. The van der Waals surface area contributed by atoms with Crippen molar-refractivity contribution in [1.82, 2.24) is 9.21 Å². The molecule has 0 radical (unpaired) electrons. The maximum atomic E-state index is 12.5. The Morgan fingerprint density at radius 1 is 1.03 bits per heavy atom. The van der Waals surface area contributed by atoms with Crippen molar-refractivity contribution in [3.63, 3.8) is 0 Å². The zero-order valence-electron chi connectivity index (χ0n) is 18.2. The van der Waals surface area contributed by atoms with Gasteiger partial charge in [-0.25, -0.2) is 0 Å². The summed E-state index contributed by atoms with van der Waals surface area (Å²) < 4.78 is 35.2. The third-order valence-electron chi connectivity index (χ3n) is 5.44. The maximum absolute atomic E-state index is 12.5. The van der Waals surface area contributed by atoms with Gasteiger partial charge in [0.15, 0.2) is 0 Å². The maximum Gasteiger partial charge on any atom is 0.301 e. The van der Waals surface area contributed by atoms with Gasteiger partial charge in [-0.1, -0.05) is 44.4 Å². The number of unbranched alkanes of at least 4 members (excludes halogenated alkanes) is 4. The molecule has 166 valence electrons. The van der Waals surface area contributed by atoms with Gasteiger partial charge < -0.3 is 9.64 Å². The fourth-order valence-corrected chi connectivity index (χ4v) is 4.84. The Balaban J connectivity index is 1.53. The molecular weight excluding hydrogens is 386 g/mol. The van der Waals surface area contributed by atoms with Gasteiger partial charge in [-0.05, 0) is 64.4 Å². The summed E-state index contributed by atoms with van der Waals surface area (Å²) in [6.45, 7) is 6.43. The molecule has 2 rings (SSSR count). The first kappa shape index (κ1) is 24.1. The Labute approximate surface area is 177 Å². The standard InChI is InChI=1S/C22H39N3O3S/c1-3-4-16-24(2)17-10-5-6-11-20-28-22-14-18-25(19-15-22)29(26,27)23-21-12-8-7-9-13-21/h7-9,12-13,22-23H,3-6,10-11,14-20H2,1-2H3. The highest BCUT2D eigenvalue weighted by atomic mass is 32.2. The quantitative estimate of drug-likeness (QED) is 0.456. The van der Waals surface area contributed by atoms with E-state index in [1.807, 2.05) is 18.2 Å². The average Bonchev–Trinajstić information content (AvgIpc) is 2.72. The average molecular weight is 426 g/mol. The van der Waals surface area contributed by atoms with Crippen molar-refractivity contribution in [3.05, 3.63) is 30.3 Å². The minimum absolute atomic E-state index is 0.179. The summed E-state index contributed by atoms with van der Waals surface area (Å²) in [7, 11) is -1.28. The van der Waals surface area contributed by atoms with Gasteiger partial charge in [-0.2, -0.15) is 12.7 Å². The van der Waals surface area contributed by atoms with Crippen molar-refractivity contribution in [2.75, 3.05) is 44.6 Å². The lowest BCUT2D eigenvalue weighted by atomic mass is 10.1. The van der Waals surface area contributed by atoms with E-state index in [-0.39, 0.29) is 6.10 Å². The summed E-state index contributed by atoms with van der Waals surface area (Å²) in [4.78, 5) is 2.43.